The largest absolute Gasteiger partial charge is 0.356 e. The quantitative estimate of drug-likeness (QED) is 0.811. The van der Waals surface area contributed by atoms with Gasteiger partial charge in [0.1, 0.15) is 0 Å². The fraction of sp³-hybridized carbons (Fsp3) is 0.923. The molecule has 0 aromatic carbocycles. The summed E-state index contributed by atoms with van der Waals surface area (Å²) in [6, 6.07) is 0. The fourth-order valence-corrected chi connectivity index (χ4v) is 2.84. The average Bonchev–Trinajstić information content (AvgIpc) is 2.15. The van der Waals surface area contributed by atoms with Gasteiger partial charge in [-0.05, 0) is 24.7 Å². The van der Waals surface area contributed by atoms with Gasteiger partial charge in [-0.25, -0.2) is 0 Å². The summed E-state index contributed by atoms with van der Waals surface area (Å²) in [7, 11) is 0. The van der Waals surface area contributed by atoms with E-state index >= 15 is 0 Å². The number of carbonyl (C=O) groups excluding carboxylic acids is 1. The molecule has 1 heterocycles. The Balaban J connectivity index is 0.00000144. The molecule has 4 heteroatoms. The van der Waals surface area contributed by atoms with E-state index in [9.17, 15) is 4.79 Å². The van der Waals surface area contributed by atoms with Crippen molar-refractivity contribution in [3.8, 4) is 0 Å². The van der Waals surface area contributed by atoms with Crippen LogP contribution < -0.4 is 10.6 Å². The Bertz CT molecular complexity index is 244. The van der Waals surface area contributed by atoms with Crippen LogP contribution in [0, 0.1) is 17.8 Å². The molecular formula is C13H25ClN2O. The predicted molar refractivity (Wildman–Crippen MR) is 72.4 cm³/mol. The second-order valence-electron chi connectivity index (χ2n) is 5.57. The van der Waals surface area contributed by atoms with Crippen LogP contribution in [0.3, 0.4) is 0 Å². The maximum Gasteiger partial charge on any atom is 0.225 e. The van der Waals surface area contributed by atoms with Crippen molar-refractivity contribution in [3.05, 3.63) is 0 Å². The van der Waals surface area contributed by atoms with Gasteiger partial charge in [0.2, 0.25) is 5.91 Å². The summed E-state index contributed by atoms with van der Waals surface area (Å²) in [5, 5.41) is 6.19. The first kappa shape index (κ1) is 14.8. The monoisotopic (exact) mass is 260 g/mol. The third-order valence-corrected chi connectivity index (χ3v) is 4.05. The molecule has 1 saturated carbocycles. The highest BCUT2D eigenvalue weighted by atomic mass is 35.5. The molecule has 2 N–H and O–H groups in total. The maximum absolute atomic E-state index is 11.6. The maximum atomic E-state index is 11.6. The molecule has 2 unspecified atom stereocenters. The van der Waals surface area contributed by atoms with Crippen LogP contribution in [0.5, 0.6) is 0 Å². The molecule has 17 heavy (non-hydrogen) atoms. The van der Waals surface area contributed by atoms with E-state index in [0.29, 0.717) is 0 Å². The summed E-state index contributed by atoms with van der Waals surface area (Å²) in [6.07, 6.45) is 6.69. The lowest BCUT2D eigenvalue weighted by atomic mass is 9.81. The molecule has 1 aliphatic carbocycles. The highest BCUT2D eigenvalue weighted by Gasteiger charge is 2.24. The van der Waals surface area contributed by atoms with Crippen LogP contribution in [0.2, 0.25) is 0 Å². The van der Waals surface area contributed by atoms with Crippen molar-refractivity contribution in [2.75, 3.05) is 19.6 Å². The van der Waals surface area contributed by atoms with Gasteiger partial charge in [-0.3, -0.25) is 4.79 Å². The Morgan fingerprint density at radius 1 is 1.35 bits per heavy atom. The lowest BCUT2D eigenvalue weighted by Gasteiger charge is -2.28. The second-order valence-corrected chi connectivity index (χ2v) is 5.57. The van der Waals surface area contributed by atoms with Crippen LogP contribution in [0.1, 0.15) is 39.0 Å². The summed E-state index contributed by atoms with van der Waals surface area (Å²) >= 11 is 0. The highest BCUT2D eigenvalue weighted by molar-refractivity contribution is 5.85. The molecule has 2 aliphatic rings. The van der Waals surface area contributed by atoms with E-state index in [1.54, 1.807) is 0 Å². The van der Waals surface area contributed by atoms with Crippen molar-refractivity contribution in [1.82, 2.24) is 10.6 Å². The first-order valence-electron chi connectivity index (χ1n) is 6.74. The zero-order chi connectivity index (χ0) is 11.4. The number of hydrogen-bond acceptors (Lipinski definition) is 2. The third kappa shape index (κ3) is 4.47. The Labute approximate surface area is 111 Å². The molecular weight excluding hydrogens is 236 g/mol. The van der Waals surface area contributed by atoms with E-state index in [0.717, 1.165) is 31.5 Å². The Morgan fingerprint density at radius 3 is 2.71 bits per heavy atom. The number of amides is 1. The molecule has 1 aliphatic heterocycles. The van der Waals surface area contributed by atoms with Crippen molar-refractivity contribution in [2.24, 2.45) is 17.8 Å². The van der Waals surface area contributed by atoms with Gasteiger partial charge in [0.05, 0.1) is 5.92 Å². The Morgan fingerprint density at radius 2 is 2.12 bits per heavy atom. The zero-order valence-electron chi connectivity index (χ0n) is 10.7. The highest BCUT2D eigenvalue weighted by Crippen LogP contribution is 2.30. The lowest BCUT2D eigenvalue weighted by molar-refractivity contribution is -0.126. The Hall–Kier alpha value is -0.280. The smallest absolute Gasteiger partial charge is 0.225 e. The zero-order valence-corrected chi connectivity index (χ0v) is 11.5. The van der Waals surface area contributed by atoms with Gasteiger partial charge in [0.25, 0.3) is 0 Å². The molecule has 0 spiro atoms. The van der Waals surface area contributed by atoms with Crippen LogP contribution in [0.25, 0.3) is 0 Å². The standard InChI is InChI=1S/C13H24N2O.ClH/c1-10-3-2-4-11(7-10)5-6-15-13(16)12-8-14-9-12;/h10-12,14H,2-9H2,1H3,(H,15,16);1H. The van der Waals surface area contributed by atoms with Gasteiger partial charge in [-0.15, -0.1) is 12.4 Å². The van der Waals surface area contributed by atoms with E-state index in [4.69, 9.17) is 0 Å². The van der Waals surface area contributed by atoms with E-state index in [-0.39, 0.29) is 24.2 Å². The lowest BCUT2D eigenvalue weighted by Crippen LogP contribution is -2.51. The van der Waals surface area contributed by atoms with E-state index in [2.05, 4.69) is 17.6 Å². The van der Waals surface area contributed by atoms with Crippen molar-refractivity contribution in [3.63, 3.8) is 0 Å². The summed E-state index contributed by atoms with van der Waals surface area (Å²) in [6.45, 7) is 4.97. The molecule has 0 bridgehead atoms. The molecule has 0 aromatic heterocycles. The van der Waals surface area contributed by atoms with Gasteiger partial charge in [0.15, 0.2) is 0 Å². The molecule has 100 valence electrons. The second kappa shape index (κ2) is 7.22. The van der Waals surface area contributed by atoms with Crippen LogP contribution >= 0.6 is 12.4 Å². The number of carbonyl (C=O) groups is 1. The van der Waals surface area contributed by atoms with Crippen molar-refractivity contribution < 1.29 is 4.79 Å². The normalized spacial score (nSPS) is 29.0. The molecule has 2 fully saturated rings. The molecule has 3 nitrogen and oxygen atoms in total. The van der Waals surface area contributed by atoms with Gasteiger partial charge < -0.3 is 10.6 Å². The molecule has 0 aromatic rings. The first-order valence-corrected chi connectivity index (χ1v) is 6.74. The summed E-state index contributed by atoms with van der Waals surface area (Å²) in [5.74, 6) is 2.24. The Kier molecular flexibility index (Phi) is 6.28. The first-order chi connectivity index (χ1) is 7.75. The minimum absolute atomic E-state index is 0. The number of rotatable bonds is 4. The molecule has 0 radical (unpaired) electrons. The fourth-order valence-electron chi connectivity index (χ4n) is 2.84. The molecule has 2 rings (SSSR count). The molecule has 1 amide bonds. The van der Waals surface area contributed by atoms with Crippen LogP contribution in [-0.4, -0.2) is 25.5 Å². The van der Waals surface area contributed by atoms with Crippen LogP contribution in [-0.2, 0) is 4.79 Å². The van der Waals surface area contributed by atoms with E-state index < -0.39 is 0 Å². The SMILES string of the molecule is CC1CCCC(CCNC(=O)C2CNC2)C1.Cl. The van der Waals surface area contributed by atoms with Crippen LogP contribution in [0.15, 0.2) is 0 Å². The molecule has 1 saturated heterocycles. The van der Waals surface area contributed by atoms with Gasteiger partial charge in [-0.2, -0.15) is 0 Å². The minimum atomic E-state index is 0. The van der Waals surface area contributed by atoms with Gasteiger partial charge in [0, 0.05) is 19.6 Å². The number of nitrogens with one attached hydrogen (secondary N) is 2. The minimum Gasteiger partial charge on any atom is -0.356 e. The number of halogens is 1. The summed E-state index contributed by atoms with van der Waals surface area (Å²) in [5.41, 5.74) is 0. The third-order valence-electron chi connectivity index (χ3n) is 4.05. The summed E-state index contributed by atoms with van der Waals surface area (Å²) in [4.78, 5) is 11.6. The predicted octanol–water partition coefficient (Wildman–Crippen LogP) is 1.96. The van der Waals surface area contributed by atoms with Crippen molar-refractivity contribution in [2.45, 2.75) is 39.0 Å². The van der Waals surface area contributed by atoms with E-state index in [1.165, 1.54) is 32.1 Å². The van der Waals surface area contributed by atoms with Crippen LogP contribution in [0.4, 0.5) is 0 Å². The molecule has 2 atom stereocenters. The average molecular weight is 261 g/mol. The van der Waals surface area contributed by atoms with Crippen molar-refractivity contribution >= 4 is 18.3 Å². The topological polar surface area (TPSA) is 41.1 Å². The summed E-state index contributed by atoms with van der Waals surface area (Å²) < 4.78 is 0. The van der Waals surface area contributed by atoms with Gasteiger partial charge in [-0.1, -0.05) is 26.2 Å². The van der Waals surface area contributed by atoms with Gasteiger partial charge >= 0.3 is 0 Å². The number of hydrogen-bond donors (Lipinski definition) is 2. The van der Waals surface area contributed by atoms with E-state index in [1.807, 2.05) is 0 Å². The van der Waals surface area contributed by atoms with Crippen molar-refractivity contribution in [1.29, 1.82) is 0 Å².